The molecule has 1 aromatic carbocycles. The molecule has 3 atom stereocenters. The topological polar surface area (TPSA) is 29.3 Å². The number of hydrogen-bond acceptors (Lipinski definition) is 3. The summed E-state index contributed by atoms with van der Waals surface area (Å²) in [5.41, 5.74) is 0.739. The predicted molar refractivity (Wildman–Crippen MR) is 62.2 cm³/mol. The Morgan fingerprint density at radius 3 is 2.47 bits per heavy atom. The van der Waals surface area contributed by atoms with E-state index in [1.807, 2.05) is 0 Å². The molecule has 1 aliphatic rings. The molecule has 1 aliphatic heterocycles. The summed E-state index contributed by atoms with van der Waals surface area (Å²) in [5.74, 6) is -0.805. The number of ether oxygens (including phenoxy) is 1. The van der Waals surface area contributed by atoms with Crippen LogP contribution in [0.3, 0.4) is 0 Å². The number of hydrogen-bond donors (Lipinski definition) is 0. The van der Waals surface area contributed by atoms with Gasteiger partial charge in [-0.1, -0.05) is 30.3 Å². The Labute approximate surface area is 109 Å². The Hall–Kier alpha value is -1.56. The third-order valence-corrected chi connectivity index (χ3v) is 3.00. The average molecular weight is 273 g/mol. The maximum Gasteiger partial charge on any atom is 0.406 e. The highest BCUT2D eigenvalue weighted by molar-refractivity contribution is 5.80. The van der Waals surface area contributed by atoms with Crippen LogP contribution in [0.5, 0.6) is 0 Å². The Morgan fingerprint density at radius 2 is 1.95 bits per heavy atom. The summed E-state index contributed by atoms with van der Waals surface area (Å²) in [4.78, 5) is 12.6. The lowest BCUT2D eigenvalue weighted by molar-refractivity contribution is -0.149. The SMILES string of the molecule is CCOC(=O)[C@H]1[C@H](C(F)(F)F)N1Cc1ccccc1. The maximum atomic E-state index is 12.8. The predicted octanol–water partition coefficient (Wildman–Crippen LogP) is 2.36. The van der Waals surface area contributed by atoms with Crippen LogP contribution in [-0.2, 0) is 16.1 Å². The smallest absolute Gasteiger partial charge is 0.406 e. The average Bonchev–Trinajstić information content (AvgIpc) is 3.05. The van der Waals surface area contributed by atoms with Crippen molar-refractivity contribution in [2.45, 2.75) is 31.7 Å². The first-order valence-corrected chi connectivity index (χ1v) is 5.98. The second kappa shape index (κ2) is 5.21. The minimum atomic E-state index is -4.41. The lowest BCUT2D eigenvalue weighted by Crippen LogP contribution is -2.24. The van der Waals surface area contributed by atoms with Crippen LogP contribution in [0.25, 0.3) is 0 Å². The molecule has 1 unspecified atom stereocenters. The zero-order chi connectivity index (χ0) is 14.0. The minimum absolute atomic E-state index is 0.0824. The van der Waals surface area contributed by atoms with Gasteiger partial charge in [-0.2, -0.15) is 13.2 Å². The van der Waals surface area contributed by atoms with Gasteiger partial charge in [0.15, 0.2) is 0 Å². The summed E-state index contributed by atoms with van der Waals surface area (Å²) in [5, 5.41) is 0. The standard InChI is InChI=1S/C13H14F3NO2/c1-2-19-12(18)10-11(13(14,15)16)17(10)8-9-6-4-3-5-7-9/h3-7,10-11H,2,8H2,1H3/t10-,11-,17?/m1/s1. The first-order valence-electron chi connectivity index (χ1n) is 5.98. The molecular formula is C13H14F3NO2. The van der Waals surface area contributed by atoms with Crippen LogP contribution in [0.1, 0.15) is 12.5 Å². The monoisotopic (exact) mass is 273 g/mol. The van der Waals surface area contributed by atoms with Crippen LogP contribution in [0, 0.1) is 0 Å². The molecule has 0 amide bonds. The Bertz CT molecular complexity index is 447. The van der Waals surface area contributed by atoms with E-state index in [1.165, 1.54) is 0 Å². The van der Waals surface area contributed by atoms with E-state index in [0.717, 1.165) is 10.5 Å². The van der Waals surface area contributed by atoms with Crippen molar-refractivity contribution in [2.75, 3.05) is 6.61 Å². The first-order chi connectivity index (χ1) is 8.95. The van der Waals surface area contributed by atoms with Gasteiger partial charge in [-0.05, 0) is 12.5 Å². The van der Waals surface area contributed by atoms with Gasteiger partial charge in [-0.3, -0.25) is 9.69 Å². The van der Waals surface area contributed by atoms with Gasteiger partial charge >= 0.3 is 12.1 Å². The highest BCUT2D eigenvalue weighted by atomic mass is 19.4. The van der Waals surface area contributed by atoms with Crippen molar-refractivity contribution in [1.82, 2.24) is 4.90 Å². The summed E-state index contributed by atoms with van der Waals surface area (Å²) in [6.45, 7) is 1.75. The van der Waals surface area contributed by atoms with E-state index in [4.69, 9.17) is 0 Å². The number of halogens is 3. The van der Waals surface area contributed by atoms with Crippen LogP contribution < -0.4 is 0 Å². The number of esters is 1. The Kier molecular flexibility index (Phi) is 3.80. The van der Waals surface area contributed by atoms with Crippen molar-refractivity contribution >= 4 is 5.97 Å². The second-order valence-electron chi connectivity index (χ2n) is 4.34. The van der Waals surface area contributed by atoms with Crippen molar-refractivity contribution in [3.8, 4) is 0 Å². The normalized spacial score (nSPS) is 26.0. The van der Waals surface area contributed by atoms with E-state index in [-0.39, 0.29) is 13.2 Å². The largest absolute Gasteiger partial charge is 0.465 e. The summed E-state index contributed by atoms with van der Waals surface area (Å²) in [6.07, 6.45) is -4.41. The van der Waals surface area contributed by atoms with Crippen molar-refractivity contribution in [2.24, 2.45) is 0 Å². The van der Waals surface area contributed by atoms with E-state index in [2.05, 4.69) is 4.74 Å². The second-order valence-corrected chi connectivity index (χ2v) is 4.34. The number of carbonyl (C=O) groups excluding carboxylic acids is 1. The Morgan fingerprint density at radius 1 is 1.32 bits per heavy atom. The zero-order valence-electron chi connectivity index (χ0n) is 10.4. The molecule has 6 heteroatoms. The van der Waals surface area contributed by atoms with Crippen LogP contribution >= 0.6 is 0 Å². The molecule has 0 saturated carbocycles. The number of carbonyl (C=O) groups is 1. The minimum Gasteiger partial charge on any atom is -0.465 e. The molecule has 104 valence electrons. The third-order valence-electron chi connectivity index (χ3n) is 3.00. The van der Waals surface area contributed by atoms with E-state index in [9.17, 15) is 18.0 Å². The molecule has 1 heterocycles. The zero-order valence-corrected chi connectivity index (χ0v) is 10.4. The number of alkyl halides is 3. The molecule has 1 fully saturated rings. The molecular weight excluding hydrogens is 259 g/mol. The van der Waals surface area contributed by atoms with Crippen LogP contribution in [-0.4, -0.2) is 35.7 Å². The molecule has 0 spiro atoms. The van der Waals surface area contributed by atoms with Gasteiger partial charge < -0.3 is 4.74 Å². The van der Waals surface area contributed by atoms with Gasteiger partial charge in [0, 0.05) is 6.54 Å². The summed E-state index contributed by atoms with van der Waals surface area (Å²) >= 11 is 0. The summed E-state index contributed by atoms with van der Waals surface area (Å²) in [7, 11) is 0. The molecule has 0 aliphatic carbocycles. The molecule has 1 saturated heterocycles. The summed E-state index contributed by atoms with van der Waals surface area (Å²) < 4.78 is 43.1. The molecule has 19 heavy (non-hydrogen) atoms. The van der Waals surface area contributed by atoms with Gasteiger partial charge in [-0.15, -0.1) is 0 Å². The van der Waals surface area contributed by atoms with Gasteiger partial charge in [0.05, 0.1) is 6.61 Å². The number of benzene rings is 1. The highest BCUT2D eigenvalue weighted by Crippen LogP contribution is 2.42. The lowest BCUT2D eigenvalue weighted by atomic mass is 10.2. The molecule has 0 bridgehead atoms. The van der Waals surface area contributed by atoms with Crippen LogP contribution in [0.4, 0.5) is 13.2 Å². The van der Waals surface area contributed by atoms with Crippen molar-refractivity contribution < 1.29 is 22.7 Å². The van der Waals surface area contributed by atoms with Gasteiger partial charge in [-0.25, -0.2) is 0 Å². The first kappa shape index (κ1) is 13.9. The van der Waals surface area contributed by atoms with Crippen molar-refractivity contribution in [3.05, 3.63) is 35.9 Å². The van der Waals surface area contributed by atoms with Gasteiger partial charge in [0.2, 0.25) is 0 Å². The maximum absolute atomic E-state index is 12.8. The van der Waals surface area contributed by atoms with E-state index in [1.54, 1.807) is 37.3 Å². The fourth-order valence-electron chi connectivity index (χ4n) is 2.13. The highest BCUT2D eigenvalue weighted by Gasteiger charge is 2.66. The van der Waals surface area contributed by atoms with Crippen LogP contribution in [0.15, 0.2) is 30.3 Å². The fourth-order valence-corrected chi connectivity index (χ4v) is 2.13. The molecule has 2 rings (SSSR count). The molecule has 1 aromatic rings. The molecule has 0 N–H and O–H groups in total. The lowest BCUT2D eigenvalue weighted by Gasteiger charge is -2.06. The molecule has 0 radical (unpaired) electrons. The van der Waals surface area contributed by atoms with Crippen molar-refractivity contribution in [3.63, 3.8) is 0 Å². The van der Waals surface area contributed by atoms with E-state index < -0.39 is 24.2 Å². The molecule has 0 aromatic heterocycles. The quantitative estimate of drug-likeness (QED) is 0.623. The molecule has 3 nitrogen and oxygen atoms in total. The van der Waals surface area contributed by atoms with E-state index >= 15 is 0 Å². The van der Waals surface area contributed by atoms with E-state index in [0.29, 0.717) is 0 Å². The number of nitrogens with zero attached hydrogens (tertiary/aromatic N) is 1. The third kappa shape index (κ3) is 3.07. The van der Waals surface area contributed by atoms with Crippen LogP contribution in [0.2, 0.25) is 0 Å². The van der Waals surface area contributed by atoms with Crippen molar-refractivity contribution in [1.29, 1.82) is 0 Å². The van der Waals surface area contributed by atoms with Gasteiger partial charge in [0.25, 0.3) is 0 Å². The fraction of sp³-hybridized carbons (Fsp3) is 0.462. The Balaban J connectivity index is 2.08. The van der Waals surface area contributed by atoms with Gasteiger partial charge in [0.1, 0.15) is 12.1 Å². The number of rotatable bonds is 4. The summed E-state index contributed by atoms with van der Waals surface area (Å²) in [6, 6.07) is 5.81.